The molecule has 2 rings (SSSR count). The highest BCUT2D eigenvalue weighted by Crippen LogP contribution is 2.15. The van der Waals surface area contributed by atoms with Crippen molar-refractivity contribution < 1.29 is 14.3 Å². The van der Waals surface area contributed by atoms with Crippen LogP contribution >= 0.6 is 0 Å². The summed E-state index contributed by atoms with van der Waals surface area (Å²) in [4.78, 5) is 13.8. The third-order valence-corrected chi connectivity index (χ3v) is 2.84. The van der Waals surface area contributed by atoms with Crippen molar-refractivity contribution in [2.24, 2.45) is 0 Å². The zero-order chi connectivity index (χ0) is 13.8. The first kappa shape index (κ1) is 13.1. The number of nitrogens with zero attached hydrogens (tertiary/aromatic N) is 1. The van der Waals surface area contributed by atoms with E-state index >= 15 is 0 Å². The van der Waals surface area contributed by atoms with Crippen LogP contribution in [-0.4, -0.2) is 24.5 Å². The van der Waals surface area contributed by atoms with E-state index in [-0.39, 0.29) is 23.9 Å². The predicted molar refractivity (Wildman–Crippen MR) is 72.1 cm³/mol. The van der Waals surface area contributed by atoms with E-state index < -0.39 is 0 Å². The molecule has 0 saturated carbocycles. The number of aromatic hydroxyl groups is 1. The van der Waals surface area contributed by atoms with Crippen molar-refractivity contribution in [1.82, 2.24) is 0 Å². The Bertz CT molecular complexity index is 564. The van der Waals surface area contributed by atoms with Crippen LogP contribution in [0.5, 0.6) is 5.75 Å². The van der Waals surface area contributed by atoms with E-state index in [0.29, 0.717) is 5.56 Å². The monoisotopic (exact) mass is 259 g/mol. The maximum Gasteiger partial charge on any atom is 0.182 e. The van der Waals surface area contributed by atoms with Crippen molar-refractivity contribution in [1.29, 1.82) is 0 Å². The van der Waals surface area contributed by atoms with Gasteiger partial charge in [0.2, 0.25) is 0 Å². The number of ketones is 1. The van der Waals surface area contributed by atoms with Gasteiger partial charge in [-0.15, -0.1) is 0 Å². The molecular formula is C15H14FNO2. The molecule has 0 saturated heterocycles. The number of anilines is 1. The zero-order valence-corrected chi connectivity index (χ0v) is 10.5. The summed E-state index contributed by atoms with van der Waals surface area (Å²) < 4.78 is 12.8. The summed E-state index contributed by atoms with van der Waals surface area (Å²) in [6.07, 6.45) is 0. The van der Waals surface area contributed by atoms with Crippen LogP contribution in [0.3, 0.4) is 0 Å². The van der Waals surface area contributed by atoms with E-state index in [2.05, 4.69) is 0 Å². The standard InChI is InChI=1S/C15H14FNO2/c1-17(13-6-4-12(16)5-7-13)10-15(19)11-2-8-14(18)9-3-11/h2-9,18H,10H2,1H3. The van der Waals surface area contributed by atoms with Crippen molar-refractivity contribution in [3.63, 3.8) is 0 Å². The Balaban J connectivity index is 2.06. The number of hydrogen-bond donors (Lipinski definition) is 1. The van der Waals surface area contributed by atoms with Gasteiger partial charge in [0.1, 0.15) is 11.6 Å². The van der Waals surface area contributed by atoms with Gasteiger partial charge < -0.3 is 10.0 Å². The lowest BCUT2D eigenvalue weighted by molar-refractivity contribution is 0.100. The summed E-state index contributed by atoms with van der Waals surface area (Å²) in [5.41, 5.74) is 1.31. The molecule has 0 bridgehead atoms. The molecule has 0 atom stereocenters. The number of rotatable bonds is 4. The fourth-order valence-electron chi connectivity index (χ4n) is 1.74. The number of phenolic OH excluding ortho intramolecular Hbond substituents is 1. The molecule has 0 fully saturated rings. The van der Waals surface area contributed by atoms with Gasteiger partial charge in [0, 0.05) is 18.3 Å². The van der Waals surface area contributed by atoms with Crippen LogP contribution in [0.1, 0.15) is 10.4 Å². The Morgan fingerprint density at radius 3 is 2.26 bits per heavy atom. The summed E-state index contributed by atoms with van der Waals surface area (Å²) in [5.74, 6) is -0.239. The molecule has 0 aliphatic carbocycles. The van der Waals surface area contributed by atoms with Crippen LogP contribution in [0.4, 0.5) is 10.1 Å². The summed E-state index contributed by atoms with van der Waals surface area (Å²) in [6.45, 7) is 0.191. The molecule has 0 heterocycles. The predicted octanol–water partition coefficient (Wildman–Crippen LogP) is 2.85. The summed E-state index contributed by atoms with van der Waals surface area (Å²) in [6, 6.07) is 12.1. The lowest BCUT2D eigenvalue weighted by Gasteiger charge is -2.18. The molecule has 2 aromatic carbocycles. The fraction of sp³-hybridized carbons (Fsp3) is 0.133. The molecule has 4 heteroatoms. The molecule has 1 N–H and O–H groups in total. The molecule has 0 amide bonds. The number of carbonyl (C=O) groups is 1. The number of carbonyl (C=O) groups excluding carboxylic acids is 1. The van der Waals surface area contributed by atoms with Gasteiger partial charge in [-0.3, -0.25) is 4.79 Å². The number of benzene rings is 2. The van der Waals surface area contributed by atoms with Gasteiger partial charge in [0.15, 0.2) is 5.78 Å². The molecule has 0 aromatic heterocycles. The average Bonchev–Trinajstić information content (AvgIpc) is 2.40. The van der Waals surface area contributed by atoms with E-state index in [0.717, 1.165) is 5.69 Å². The minimum atomic E-state index is -0.304. The van der Waals surface area contributed by atoms with Crippen LogP contribution in [0, 0.1) is 5.82 Å². The van der Waals surface area contributed by atoms with Crippen LogP contribution in [0.25, 0.3) is 0 Å². The minimum absolute atomic E-state index is 0.0631. The van der Waals surface area contributed by atoms with Crippen LogP contribution < -0.4 is 4.90 Å². The number of phenols is 1. The van der Waals surface area contributed by atoms with Crippen LogP contribution in [-0.2, 0) is 0 Å². The van der Waals surface area contributed by atoms with Crippen LogP contribution in [0.2, 0.25) is 0 Å². The van der Waals surface area contributed by atoms with Crippen molar-refractivity contribution in [2.45, 2.75) is 0 Å². The van der Waals surface area contributed by atoms with Gasteiger partial charge in [-0.25, -0.2) is 4.39 Å². The molecule has 3 nitrogen and oxygen atoms in total. The summed E-state index contributed by atoms with van der Waals surface area (Å²) in [7, 11) is 1.77. The number of Topliss-reactive ketones (excluding diaryl/α,β-unsaturated/α-hetero) is 1. The van der Waals surface area contributed by atoms with E-state index in [4.69, 9.17) is 5.11 Å². The van der Waals surface area contributed by atoms with Gasteiger partial charge in [-0.2, -0.15) is 0 Å². The summed E-state index contributed by atoms with van der Waals surface area (Å²) >= 11 is 0. The molecule has 0 spiro atoms. The second kappa shape index (κ2) is 5.52. The highest BCUT2D eigenvalue weighted by molar-refractivity contribution is 5.99. The first-order valence-corrected chi connectivity index (χ1v) is 5.85. The van der Waals surface area contributed by atoms with E-state index in [1.807, 2.05) is 0 Å². The second-order valence-corrected chi connectivity index (χ2v) is 4.30. The number of hydrogen-bond acceptors (Lipinski definition) is 3. The van der Waals surface area contributed by atoms with Gasteiger partial charge in [0.25, 0.3) is 0 Å². The Morgan fingerprint density at radius 2 is 1.68 bits per heavy atom. The smallest absolute Gasteiger partial charge is 0.182 e. The summed E-state index contributed by atoms with van der Waals surface area (Å²) in [5, 5.41) is 9.17. The highest BCUT2D eigenvalue weighted by atomic mass is 19.1. The molecular weight excluding hydrogens is 245 g/mol. The molecule has 0 aliphatic rings. The SMILES string of the molecule is CN(CC(=O)c1ccc(O)cc1)c1ccc(F)cc1. The maximum absolute atomic E-state index is 12.8. The molecule has 19 heavy (non-hydrogen) atoms. The molecule has 0 unspecified atom stereocenters. The van der Waals surface area contributed by atoms with Crippen molar-refractivity contribution in [3.05, 3.63) is 59.9 Å². The Labute approximate surface area is 110 Å². The Hall–Kier alpha value is -2.36. The molecule has 98 valence electrons. The third kappa shape index (κ3) is 3.31. The first-order valence-electron chi connectivity index (χ1n) is 5.85. The van der Waals surface area contributed by atoms with Gasteiger partial charge in [-0.1, -0.05) is 0 Å². The van der Waals surface area contributed by atoms with Gasteiger partial charge in [0.05, 0.1) is 6.54 Å². The number of halogens is 1. The van der Waals surface area contributed by atoms with E-state index in [9.17, 15) is 9.18 Å². The first-order chi connectivity index (χ1) is 9.06. The maximum atomic E-state index is 12.8. The highest BCUT2D eigenvalue weighted by Gasteiger charge is 2.10. The van der Waals surface area contributed by atoms with E-state index in [1.54, 1.807) is 36.2 Å². The zero-order valence-electron chi connectivity index (χ0n) is 10.5. The lowest BCUT2D eigenvalue weighted by Crippen LogP contribution is -2.25. The normalized spacial score (nSPS) is 10.2. The average molecular weight is 259 g/mol. The fourth-order valence-corrected chi connectivity index (χ4v) is 1.74. The lowest BCUT2D eigenvalue weighted by atomic mass is 10.1. The minimum Gasteiger partial charge on any atom is -0.508 e. The van der Waals surface area contributed by atoms with Gasteiger partial charge >= 0.3 is 0 Å². The van der Waals surface area contributed by atoms with Crippen molar-refractivity contribution >= 4 is 11.5 Å². The van der Waals surface area contributed by atoms with Crippen molar-refractivity contribution in [3.8, 4) is 5.75 Å². The Morgan fingerprint density at radius 1 is 1.11 bits per heavy atom. The van der Waals surface area contributed by atoms with Crippen LogP contribution in [0.15, 0.2) is 48.5 Å². The Kier molecular flexibility index (Phi) is 3.80. The third-order valence-electron chi connectivity index (χ3n) is 2.84. The van der Waals surface area contributed by atoms with Crippen molar-refractivity contribution in [2.75, 3.05) is 18.5 Å². The van der Waals surface area contributed by atoms with E-state index in [1.165, 1.54) is 24.3 Å². The second-order valence-electron chi connectivity index (χ2n) is 4.30. The quantitative estimate of drug-likeness (QED) is 0.858. The molecule has 2 aromatic rings. The van der Waals surface area contributed by atoms with Gasteiger partial charge in [-0.05, 0) is 48.5 Å². The number of likely N-dealkylation sites (N-methyl/N-ethyl adjacent to an activating group) is 1. The molecule has 0 radical (unpaired) electrons. The largest absolute Gasteiger partial charge is 0.508 e. The molecule has 0 aliphatic heterocycles. The topological polar surface area (TPSA) is 40.5 Å².